The fourth-order valence-electron chi connectivity index (χ4n) is 2.76. The minimum atomic E-state index is -0.328. The van der Waals surface area contributed by atoms with E-state index in [2.05, 4.69) is 16.8 Å². The number of amidine groups is 1. The third-order valence-electron chi connectivity index (χ3n) is 4.15. The molecule has 1 saturated heterocycles. The standard InChI is InChI=1S/C21H20FN3O2S/c1-3-12-25-20(26)19(13-15-8-10-17(22)11-9-15)28-21(25)24-23-14-16-6-4-5-7-18(16)27-2/h3-11,14,19H,1,12-13H2,2H3/b23-14+,24-21+/t19-/m1/s1. The van der Waals surface area contributed by atoms with Gasteiger partial charge in [-0.15, -0.1) is 11.7 Å². The summed E-state index contributed by atoms with van der Waals surface area (Å²) < 4.78 is 18.4. The number of hydrogen-bond donors (Lipinski definition) is 0. The molecule has 1 aliphatic heterocycles. The van der Waals surface area contributed by atoms with Gasteiger partial charge in [-0.25, -0.2) is 4.39 Å². The number of benzene rings is 2. The molecule has 0 N–H and O–H groups in total. The predicted octanol–water partition coefficient (Wildman–Crippen LogP) is 3.90. The van der Waals surface area contributed by atoms with Gasteiger partial charge in [-0.3, -0.25) is 9.69 Å². The summed E-state index contributed by atoms with van der Waals surface area (Å²) in [5.74, 6) is 0.342. The molecule has 2 aromatic rings. The molecule has 3 rings (SSSR count). The quantitative estimate of drug-likeness (QED) is 0.405. The van der Waals surface area contributed by atoms with Gasteiger partial charge in [0.15, 0.2) is 5.17 Å². The van der Waals surface area contributed by atoms with Crippen molar-refractivity contribution in [2.75, 3.05) is 13.7 Å². The van der Waals surface area contributed by atoms with Crippen molar-refractivity contribution in [2.24, 2.45) is 10.2 Å². The number of rotatable bonds is 7. The van der Waals surface area contributed by atoms with Gasteiger partial charge in [-0.2, -0.15) is 5.10 Å². The van der Waals surface area contributed by atoms with E-state index >= 15 is 0 Å². The molecular formula is C21H20FN3O2S. The number of para-hydroxylation sites is 1. The lowest BCUT2D eigenvalue weighted by Crippen LogP contribution is -2.32. The van der Waals surface area contributed by atoms with E-state index in [4.69, 9.17) is 4.74 Å². The smallest absolute Gasteiger partial charge is 0.242 e. The first-order valence-electron chi connectivity index (χ1n) is 8.69. The Labute approximate surface area is 167 Å². The number of nitrogens with zero attached hydrogens (tertiary/aromatic N) is 3. The van der Waals surface area contributed by atoms with E-state index in [-0.39, 0.29) is 17.0 Å². The average molecular weight is 397 g/mol. The normalized spacial score (nSPS) is 18.2. The number of ether oxygens (including phenoxy) is 1. The SMILES string of the molecule is C=CCN1C(=O)[C@@H](Cc2ccc(F)cc2)S/C1=N/N=C/c1ccccc1OC. The van der Waals surface area contributed by atoms with Crippen LogP contribution in [0.15, 0.2) is 71.4 Å². The Morgan fingerprint density at radius 2 is 2.00 bits per heavy atom. The Balaban J connectivity index is 1.77. The van der Waals surface area contributed by atoms with Crippen molar-refractivity contribution in [1.82, 2.24) is 4.90 Å². The summed E-state index contributed by atoms with van der Waals surface area (Å²) in [6.45, 7) is 4.06. The molecule has 1 heterocycles. The number of amides is 1. The molecule has 1 fully saturated rings. The van der Waals surface area contributed by atoms with Crippen LogP contribution < -0.4 is 4.74 Å². The van der Waals surface area contributed by atoms with Crippen LogP contribution in [0.2, 0.25) is 0 Å². The average Bonchev–Trinajstić information content (AvgIpc) is 2.99. The van der Waals surface area contributed by atoms with E-state index in [9.17, 15) is 9.18 Å². The third-order valence-corrected chi connectivity index (χ3v) is 5.31. The molecule has 0 aromatic heterocycles. The highest BCUT2D eigenvalue weighted by molar-refractivity contribution is 8.15. The number of methoxy groups -OCH3 is 1. The van der Waals surface area contributed by atoms with Gasteiger partial charge in [-0.05, 0) is 36.2 Å². The zero-order valence-corrected chi connectivity index (χ0v) is 16.2. The Hall–Kier alpha value is -2.93. The summed E-state index contributed by atoms with van der Waals surface area (Å²) in [6.07, 6.45) is 3.74. The van der Waals surface area contributed by atoms with E-state index in [0.717, 1.165) is 11.1 Å². The Bertz CT molecular complexity index is 912. The van der Waals surface area contributed by atoms with Gasteiger partial charge in [0, 0.05) is 12.1 Å². The van der Waals surface area contributed by atoms with Crippen LogP contribution in [-0.4, -0.2) is 41.1 Å². The summed E-state index contributed by atoms with van der Waals surface area (Å²) in [5.41, 5.74) is 1.69. The van der Waals surface area contributed by atoms with E-state index < -0.39 is 0 Å². The van der Waals surface area contributed by atoms with Crippen LogP contribution in [0.5, 0.6) is 5.75 Å². The largest absolute Gasteiger partial charge is 0.496 e. The number of thioether (sulfide) groups is 1. The minimum Gasteiger partial charge on any atom is -0.496 e. The van der Waals surface area contributed by atoms with Gasteiger partial charge in [0.25, 0.3) is 0 Å². The van der Waals surface area contributed by atoms with Crippen LogP contribution in [0.3, 0.4) is 0 Å². The molecule has 28 heavy (non-hydrogen) atoms. The maximum absolute atomic E-state index is 13.1. The zero-order valence-electron chi connectivity index (χ0n) is 15.4. The van der Waals surface area contributed by atoms with Gasteiger partial charge in [0.1, 0.15) is 11.6 Å². The Morgan fingerprint density at radius 1 is 1.25 bits per heavy atom. The van der Waals surface area contributed by atoms with Crippen molar-refractivity contribution in [1.29, 1.82) is 0 Å². The number of carbonyl (C=O) groups excluding carboxylic acids is 1. The number of carbonyl (C=O) groups is 1. The lowest BCUT2D eigenvalue weighted by atomic mass is 10.1. The van der Waals surface area contributed by atoms with Crippen LogP contribution in [0.25, 0.3) is 0 Å². The summed E-state index contributed by atoms with van der Waals surface area (Å²) in [6, 6.07) is 13.6. The molecule has 0 bridgehead atoms. The summed E-state index contributed by atoms with van der Waals surface area (Å²) in [5, 5.41) is 8.57. The molecule has 144 valence electrons. The first-order chi connectivity index (χ1) is 13.6. The van der Waals surface area contributed by atoms with E-state index in [1.807, 2.05) is 24.3 Å². The monoisotopic (exact) mass is 397 g/mol. The molecule has 1 aliphatic rings. The van der Waals surface area contributed by atoms with Crippen LogP contribution in [-0.2, 0) is 11.2 Å². The fraction of sp³-hybridized carbons (Fsp3) is 0.190. The van der Waals surface area contributed by atoms with Gasteiger partial charge in [0.2, 0.25) is 5.91 Å². The van der Waals surface area contributed by atoms with Crippen molar-refractivity contribution < 1.29 is 13.9 Å². The van der Waals surface area contributed by atoms with Crippen LogP contribution >= 0.6 is 11.8 Å². The van der Waals surface area contributed by atoms with Crippen LogP contribution in [0, 0.1) is 5.82 Å². The van der Waals surface area contributed by atoms with Gasteiger partial charge < -0.3 is 4.74 Å². The highest BCUT2D eigenvalue weighted by atomic mass is 32.2. The summed E-state index contributed by atoms with van der Waals surface area (Å²) in [7, 11) is 1.59. The highest BCUT2D eigenvalue weighted by Gasteiger charge is 2.37. The van der Waals surface area contributed by atoms with Crippen molar-refractivity contribution in [3.05, 3.63) is 78.1 Å². The molecule has 0 spiro atoms. The summed E-state index contributed by atoms with van der Waals surface area (Å²) in [4.78, 5) is 14.3. The topological polar surface area (TPSA) is 54.3 Å². The molecule has 2 aromatic carbocycles. The second kappa shape index (κ2) is 9.32. The van der Waals surface area contributed by atoms with E-state index in [1.165, 1.54) is 23.9 Å². The molecule has 1 amide bonds. The van der Waals surface area contributed by atoms with Gasteiger partial charge in [0.05, 0.1) is 18.6 Å². The molecule has 0 unspecified atom stereocenters. The lowest BCUT2D eigenvalue weighted by molar-refractivity contribution is -0.125. The van der Waals surface area contributed by atoms with Gasteiger partial charge in [-0.1, -0.05) is 42.1 Å². The molecule has 1 atom stereocenters. The first-order valence-corrected chi connectivity index (χ1v) is 9.57. The van der Waals surface area contributed by atoms with E-state index in [0.29, 0.717) is 23.9 Å². The second-order valence-corrected chi connectivity index (χ2v) is 7.21. The predicted molar refractivity (Wildman–Crippen MR) is 111 cm³/mol. The number of halogens is 1. The molecular weight excluding hydrogens is 377 g/mol. The maximum Gasteiger partial charge on any atom is 0.242 e. The van der Waals surface area contributed by atoms with Crippen molar-refractivity contribution in [2.45, 2.75) is 11.7 Å². The zero-order chi connectivity index (χ0) is 19.9. The minimum absolute atomic E-state index is 0.0551. The van der Waals surface area contributed by atoms with Crippen LogP contribution in [0.4, 0.5) is 4.39 Å². The Kier molecular flexibility index (Phi) is 6.60. The first kappa shape index (κ1) is 19.8. The summed E-state index contributed by atoms with van der Waals surface area (Å²) >= 11 is 1.35. The maximum atomic E-state index is 13.1. The fourth-order valence-corrected chi connectivity index (χ4v) is 3.91. The Morgan fingerprint density at radius 3 is 2.71 bits per heavy atom. The molecule has 7 heteroatoms. The lowest BCUT2D eigenvalue weighted by Gasteiger charge is -2.12. The van der Waals surface area contributed by atoms with Crippen molar-refractivity contribution in [3.8, 4) is 5.75 Å². The second-order valence-electron chi connectivity index (χ2n) is 6.04. The van der Waals surface area contributed by atoms with Gasteiger partial charge >= 0.3 is 0 Å². The van der Waals surface area contributed by atoms with Crippen LogP contribution in [0.1, 0.15) is 11.1 Å². The molecule has 0 saturated carbocycles. The van der Waals surface area contributed by atoms with Crippen molar-refractivity contribution in [3.63, 3.8) is 0 Å². The van der Waals surface area contributed by atoms with Crippen molar-refractivity contribution >= 4 is 29.1 Å². The molecule has 0 aliphatic carbocycles. The molecule has 0 radical (unpaired) electrons. The van der Waals surface area contributed by atoms with E-state index in [1.54, 1.807) is 36.4 Å². The third kappa shape index (κ3) is 4.67. The highest BCUT2D eigenvalue weighted by Crippen LogP contribution is 2.30. The molecule has 5 nitrogen and oxygen atoms in total. The number of hydrogen-bond acceptors (Lipinski definition) is 5.